The van der Waals surface area contributed by atoms with Gasteiger partial charge in [0.2, 0.25) is 0 Å². The number of hydrogen-bond acceptors (Lipinski definition) is 8. The van der Waals surface area contributed by atoms with E-state index >= 15 is 0 Å². The van der Waals surface area contributed by atoms with Crippen molar-refractivity contribution >= 4 is 51.5 Å². The lowest BCUT2D eigenvalue weighted by molar-refractivity contribution is -0.139. The number of carbonyl (C=O) groups excluding carboxylic acids is 1. The van der Waals surface area contributed by atoms with Crippen LogP contribution in [0, 0.1) is 11.7 Å². The van der Waals surface area contributed by atoms with Crippen molar-refractivity contribution in [3.8, 4) is 0 Å². The summed E-state index contributed by atoms with van der Waals surface area (Å²) in [5.74, 6) is 0.355. The van der Waals surface area contributed by atoms with Crippen molar-refractivity contribution in [1.29, 1.82) is 0 Å². The number of ether oxygens (including phenoxy) is 2. The van der Waals surface area contributed by atoms with Crippen LogP contribution in [0.25, 0.3) is 0 Å². The molecule has 0 bridgehead atoms. The van der Waals surface area contributed by atoms with Gasteiger partial charge in [0.05, 0.1) is 25.4 Å². The molecule has 1 aromatic carbocycles. The lowest BCUT2D eigenvalue weighted by Gasteiger charge is -2.32. The molecular weight excluding hydrogens is 559 g/mol. The standard InChI is InChI=1S/C24H26BrFN4O3S.ClH/c1-2-33-24(31)20-19-11-15(13-29-6-8-32-9-7-29)14-30(19)22(23-27-5-10-34-23)28-21(20)17-4-3-16(26)12-18(17)25;/h3-5,10,12,15,21H,2,6-9,11,13-14H2,1H3;1H/t15-,21-;/m0./s1. The summed E-state index contributed by atoms with van der Waals surface area (Å²) in [6, 6.07) is 3.88. The van der Waals surface area contributed by atoms with Gasteiger partial charge in [-0.15, -0.1) is 23.7 Å². The number of allylic oxidation sites excluding steroid dienone is 1. The van der Waals surface area contributed by atoms with E-state index in [9.17, 15) is 9.18 Å². The molecule has 3 aliphatic rings. The number of hydrogen-bond donors (Lipinski definition) is 0. The SMILES string of the molecule is CCOC(=O)C1=C2C[C@@H](CN3CCOCC3)CN2C(c2nccs2)=N[C@H]1c1ccc(F)cc1Br.Cl. The molecule has 0 spiro atoms. The molecule has 4 heterocycles. The Morgan fingerprint density at radius 3 is 2.83 bits per heavy atom. The summed E-state index contributed by atoms with van der Waals surface area (Å²) in [5, 5.41) is 2.72. The smallest absolute Gasteiger partial charge is 0.338 e. The molecule has 7 nitrogen and oxygen atoms in total. The highest BCUT2D eigenvalue weighted by molar-refractivity contribution is 9.10. The van der Waals surface area contributed by atoms with Gasteiger partial charge in [0.25, 0.3) is 0 Å². The molecule has 2 atom stereocenters. The molecular formula is C24H27BrClFN4O3S. The van der Waals surface area contributed by atoms with Gasteiger partial charge < -0.3 is 14.4 Å². The Morgan fingerprint density at radius 2 is 2.14 bits per heavy atom. The molecule has 0 unspecified atom stereocenters. The van der Waals surface area contributed by atoms with E-state index in [1.165, 1.54) is 23.5 Å². The number of amidine groups is 1. The minimum atomic E-state index is -0.610. The molecule has 0 saturated carbocycles. The summed E-state index contributed by atoms with van der Waals surface area (Å²) in [6.45, 7) is 7.08. The van der Waals surface area contributed by atoms with Crippen molar-refractivity contribution in [2.45, 2.75) is 19.4 Å². The maximum absolute atomic E-state index is 13.9. The van der Waals surface area contributed by atoms with Crippen LogP contribution < -0.4 is 0 Å². The lowest BCUT2D eigenvalue weighted by Crippen LogP contribution is -2.40. The van der Waals surface area contributed by atoms with Crippen molar-refractivity contribution in [1.82, 2.24) is 14.8 Å². The van der Waals surface area contributed by atoms with E-state index < -0.39 is 6.04 Å². The van der Waals surface area contributed by atoms with Gasteiger partial charge >= 0.3 is 5.97 Å². The van der Waals surface area contributed by atoms with E-state index in [-0.39, 0.29) is 30.8 Å². The van der Waals surface area contributed by atoms with Crippen LogP contribution in [-0.4, -0.2) is 72.6 Å². The minimum absolute atomic E-state index is 0. The maximum Gasteiger partial charge on any atom is 0.338 e. The van der Waals surface area contributed by atoms with Gasteiger partial charge in [0, 0.05) is 47.9 Å². The molecule has 0 radical (unpaired) electrons. The molecule has 0 amide bonds. The molecule has 3 aliphatic heterocycles. The topological polar surface area (TPSA) is 67.3 Å². The van der Waals surface area contributed by atoms with Crippen LogP contribution in [0.5, 0.6) is 0 Å². The maximum atomic E-state index is 13.9. The molecule has 1 aromatic heterocycles. The number of rotatable bonds is 6. The zero-order valence-corrected chi connectivity index (χ0v) is 22.5. The summed E-state index contributed by atoms with van der Waals surface area (Å²) < 4.78 is 25.4. The zero-order chi connectivity index (χ0) is 23.7. The third-order valence-corrected chi connectivity index (χ3v) is 7.79. The number of fused-ring (bicyclic) bond motifs is 1. The van der Waals surface area contributed by atoms with Crippen LogP contribution in [0.4, 0.5) is 4.39 Å². The fourth-order valence-electron chi connectivity index (χ4n) is 4.86. The molecule has 11 heteroatoms. The summed E-state index contributed by atoms with van der Waals surface area (Å²) in [4.78, 5) is 27.4. The largest absolute Gasteiger partial charge is 0.463 e. The number of halogens is 3. The van der Waals surface area contributed by atoms with E-state index in [1.807, 2.05) is 5.38 Å². The normalized spacial score (nSPS) is 22.5. The van der Waals surface area contributed by atoms with Gasteiger partial charge in [-0.3, -0.25) is 9.89 Å². The lowest BCUT2D eigenvalue weighted by atomic mass is 9.93. The number of nitrogens with zero attached hydrogens (tertiary/aromatic N) is 4. The number of aromatic nitrogens is 1. The predicted octanol–water partition coefficient (Wildman–Crippen LogP) is 4.44. The average Bonchev–Trinajstić information content (AvgIpc) is 3.49. The van der Waals surface area contributed by atoms with Gasteiger partial charge in [0.15, 0.2) is 10.8 Å². The summed E-state index contributed by atoms with van der Waals surface area (Å²) in [7, 11) is 0. The van der Waals surface area contributed by atoms with Gasteiger partial charge in [-0.2, -0.15) is 0 Å². The minimum Gasteiger partial charge on any atom is -0.463 e. The molecule has 2 saturated heterocycles. The fraction of sp³-hybridized carbons (Fsp3) is 0.458. The van der Waals surface area contributed by atoms with E-state index in [0.29, 0.717) is 16.0 Å². The summed E-state index contributed by atoms with van der Waals surface area (Å²) in [5.41, 5.74) is 2.18. The second-order valence-corrected chi connectivity index (χ2v) is 10.3. The number of carbonyl (C=O) groups is 1. The van der Waals surface area contributed by atoms with Crippen LogP contribution in [0.3, 0.4) is 0 Å². The van der Waals surface area contributed by atoms with Crippen molar-refractivity contribution in [3.63, 3.8) is 0 Å². The molecule has 2 fully saturated rings. The summed E-state index contributed by atoms with van der Waals surface area (Å²) >= 11 is 5.01. The monoisotopic (exact) mass is 584 g/mol. The van der Waals surface area contributed by atoms with E-state index in [2.05, 4.69) is 30.7 Å². The van der Waals surface area contributed by atoms with Crippen LogP contribution in [0.15, 0.2) is 50.5 Å². The van der Waals surface area contributed by atoms with Crippen molar-refractivity contribution in [2.24, 2.45) is 10.9 Å². The Morgan fingerprint density at radius 1 is 1.34 bits per heavy atom. The van der Waals surface area contributed by atoms with E-state index in [4.69, 9.17) is 14.5 Å². The highest BCUT2D eigenvalue weighted by atomic mass is 79.9. The first-order valence-electron chi connectivity index (χ1n) is 11.5. The first kappa shape index (κ1) is 26.2. The average molecular weight is 586 g/mol. The van der Waals surface area contributed by atoms with Crippen LogP contribution >= 0.6 is 39.7 Å². The van der Waals surface area contributed by atoms with Gasteiger partial charge in [-0.05, 0) is 37.0 Å². The van der Waals surface area contributed by atoms with Crippen molar-refractivity contribution in [2.75, 3.05) is 46.0 Å². The first-order chi connectivity index (χ1) is 16.5. The highest BCUT2D eigenvalue weighted by Gasteiger charge is 2.42. The Bertz CT molecular complexity index is 1120. The predicted molar refractivity (Wildman–Crippen MR) is 138 cm³/mol. The number of morpholine rings is 1. The molecule has 2 aromatic rings. The number of benzene rings is 1. The number of aliphatic imine (C=N–C) groups is 1. The van der Waals surface area contributed by atoms with E-state index in [1.54, 1.807) is 19.2 Å². The van der Waals surface area contributed by atoms with Gasteiger partial charge in [0.1, 0.15) is 11.9 Å². The quantitative estimate of drug-likeness (QED) is 0.467. The molecule has 5 rings (SSSR count). The van der Waals surface area contributed by atoms with Crippen LogP contribution in [-0.2, 0) is 14.3 Å². The number of thiazole rings is 1. The van der Waals surface area contributed by atoms with Crippen LogP contribution in [0.1, 0.15) is 30.0 Å². The second kappa shape index (κ2) is 11.5. The first-order valence-corrected chi connectivity index (χ1v) is 13.1. The van der Waals surface area contributed by atoms with Crippen molar-refractivity contribution < 1.29 is 18.7 Å². The third kappa shape index (κ3) is 5.46. The van der Waals surface area contributed by atoms with Gasteiger partial charge in [-0.25, -0.2) is 14.2 Å². The Balaban J connectivity index is 0.00000289. The number of esters is 1. The highest BCUT2D eigenvalue weighted by Crippen LogP contribution is 2.44. The van der Waals surface area contributed by atoms with Crippen LogP contribution in [0.2, 0.25) is 0 Å². The van der Waals surface area contributed by atoms with E-state index in [0.717, 1.165) is 67.9 Å². The molecule has 0 N–H and O–H groups in total. The zero-order valence-electron chi connectivity index (χ0n) is 19.3. The molecule has 188 valence electrons. The Kier molecular flexibility index (Phi) is 8.59. The Labute approximate surface area is 222 Å². The van der Waals surface area contributed by atoms with Crippen molar-refractivity contribution in [3.05, 3.63) is 61.9 Å². The molecule has 0 aliphatic carbocycles. The second-order valence-electron chi connectivity index (χ2n) is 8.53. The summed E-state index contributed by atoms with van der Waals surface area (Å²) in [6.07, 6.45) is 2.50. The third-order valence-electron chi connectivity index (χ3n) is 6.34. The molecule has 35 heavy (non-hydrogen) atoms. The van der Waals surface area contributed by atoms with Gasteiger partial charge in [-0.1, -0.05) is 22.0 Å². The fourth-order valence-corrected chi connectivity index (χ4v) is 6.07. The Hall–Kier alpha value is -1.85.